The SMILES string of the molecule is CCOC(=O)c1c(-c2ccccc2)csc1NC(=O)COc1ccc(C)cc1C(C)(C)C. The van der Waals surface area contributed by atoms with Crippen molar-refractivity contribution in [3.05, 3.63) is 70.6 Å². The summed E-state index contributed by atoms with van der Waals surface area (Å²) < 4.78 is 11.1. The summed E-state index contributed by atoms with van der Waals surface area (Å²) in [6, 6.07) is 15.5. The summed E-state index contributed by atoms with van der Waals surface area (Å²) in [6.07, 6.45) is 0. The Morgan fingerprint density at radius 1 is 1.06 bits per heavy atom. The summed E-state index contributed by atoms with van der Waals surface area (Å²) in [5.41, 5.74) is 4.05. The van der Waals surface area contributed by atoms with E-state index in [-0.39, 0.29) is 24.5 Å². The predicted octanol–water partition coefficient (Wildman–Crippen LogP) is 6.22. The number of esters is 1. The molecule has 0 radical (unpaired) electrons. The Balaban J connectivity index is 1.80. The van der Waals surface area contributed by atoms with Crippen molar-refractivity contribution in [3.8, 4) is 16.9 Å². The fraction of sp³-hybridized carbons (Fsp3) is 0.308. The second-order valence-corrected chi connectivity index (χ2v) is 9.41. The molecule has 3 aromatic rings. The van der Waals surface area contributed by atoms with Crippen molar-refractivity contribution in [2.45, 2.75) is 40.0 Å². The lowest BCUT2D eigenvalue weighted by Crippen LogP contribution is -2.22. The molecule has 2 aromatic carbocycles. The van der Waals surface area contributed by atoms with Gasteiger partial charge in [-0.1, -0.05) is 68.8 Å². The summed E-state index contributed by atoms with van der Waals surface area (Å²) in [5, 5.41) is 5.14. The van der Waals surface area contributed by atoms with Gasteiger partial charge >= 0.3 is 5.97 Å². The molecule has 1 amide bonds. The minimum Gasteiger partial charge on any atom is -0.483 e. The second-order valence-electron chi connectivity index (χ2n) is 8.53. The fourth-order valence-corrected chi connectivity index (χ4v) is 4.32. The molecule has 0 unspecified atom stereocenters. The maximum atomic E-state index is 12.7. The minimum atomic E-state index is -0.461. The van der Waals surface area contributed by atoms with Gasteiger partial charge in [0.2, 0.25) is 0 Å². The van der Waals surface area contributed by atoms with Gasteiger partial charge in [0.25, 0.3) is 5.91 Å². The predicted molar refractivity (Wildman–Crippen MR) is 130 cm³/mol. The average molecular weight is 452 g/mol. The van der Waals surface area contributed by atoms with Crippen LogP contribution in [0.5, 0.6) is 5.75 Å². The molecule has 1 heterocycles. The topological polar surface area (TPSA) is 64.6 Å². The van der Waals surface area contributed by atoms with Crippen LogP contribution in [0.2, 0.25) is 0 Å². The third-order valence-corrected chi connectivity index (χ3v) is 5.81. The number of hydrogen-bond donors (Lipinski definition) is 1. The summed E-state index contributed by atoms with van der Waals surface area (Å²) in [7, 11) is 0. The lowest BCUT2D eigenvalue weighted by molar-refractivity contribution is -0.118. The number of rotatable bonds is 7. The summed E-state index contributed by atoms with van der Waals surface area (Å²) in [4.78, 5) is 25.4. The van der Waals surface area contributed by atoms with Crippen molar-refractivity contribution in [3.63, 3.8) is 0 Å². The number of carbonyl (C=O) groups is 2. The van der Waals surface area contributed by atoms with Gasteiger partial charge in [-0.3, -0.25) is 4.79 Å². The molecule has 0 fully saturated rings. The molecule has 1 aromatic heterocycles. The largest absolute Gasteiger partial charge is 0.483 e. The first-order valence-electron chi connectivity index (χ1n) is 10.6. The fourth-order valence-electron chi connectivity index (χ4n) is 3.35. The van der Waals surface area contributed by atoms with Crippen LogP contribution in [0, 0.1) is 6.92 Å². The molecule has 6 heteroatoms. The van der Waals surface area contributed by atoms with Gasteiger partial charge in [0.1, 0.15) is 16.3 Å². The van der Waals surface area contributed by atoms with Gasteiger partial charge in [-0.15, -0.1) is 11.3 Å². The van der Waals surface area contributed by atoms with Crippen LogP contribution in [-0.2, 0) is 14.9 Å². The van der Waals surface area contributed by atoms with Crippen LogP contribution in [0.1, 0.15) is 49.2 Å². The molecule has 32 heavy (non-hydrogen) atoms. The Morgan fingerprint density at radius 3 is 2.44 bits per heavy atom. The molecule has 168 valence electrons. The second kappa shape index (κ2) is 10.0. The quantitative estimate of drug-likeness (QED) is 0.434. The van der Waals surface area contributed by atoms with E-state index in [1.165, 1.54) is 11.3 Å². The Hall–Kier alpha value is -3.12. The maximum absolute atomic E-state index is 12.7. The third-order valence-electron chi connectivity index (χ3n) is 4.91. The lowest BCUT2D eigenvalue weighted by Gasteiger charge is -2.23. The number of hydrogen-bond acceptors (Lipinski definition) is 5. The molecule has 5 nitrogen and oxygen atoms in total. The molecule has 0 bridgehead atoms. The van der Waals surface area contributed by atoms with Crippen LogP contribution in [0.3, 0.4) is 0 Å². The van der Waals surface area contributed by atoms with Crippen LogP contribution in [0.25, 0.3) is 11.1 Å². The van der Waals surface area contributed by atoms with E-state index in [9.17, 15) is 9.59 Å². The first-order chi connectivity index (χ1) is 15.2. The zero-order chi connectivity index (χ0) is 23.3. The van der Waals surface area contributed by atoms with E-state index in [0.717, 1.165) is 22.3 Å². The Morgan fingerprint density at radius 2 is 1.78 bits per heavy atom. The highest BCUT2D eigenvalue weighted by Gasteiger charge is 2.24. The van der Waals surface area contributed by atoms with Crippen LogP contribution < -0.4 is 10.1 Å². The number of aryl methyl sites for hydroxylation is 1. The van der Waals surface area contributed by atoms with Gasteiger partial charge in [0.05, 0.1) is 6.61 Å². The Labute approximate surface area is 193 Å². The average Bonchev–Trinajstić information content (AvgIpc) is 3.16. The molecule has 0 saturated heterocycles. The number of anilines is 1. The summed E-state index contributed by atoms with van der Waals surface area (Å²) in [6.45, 7) is 10.2. The van der Waals surface area contributed by atoms with Crippen LogP contribution in [0.4, 0.5) is 5.00 Å². The van der Waals surface area contributed by atoms with Crippen LogP contribution in [0.15, 0.2) is 53.9 Å². The highest BCUT2D eigenvalue weighted by Crippen LogP contribution is 2.36. The molecular formula is C26H29NO4S. The Kier molecular flexibility index (Phi) is 7.36. The molecule has 1 N–H and O–H groups in total. The first kappa shape index (κ1) is 23.5. The van der Waals surface area contributed by atoms with E-state index >= 15 is 0 Å². The van der Waals surface area contributed by atoms with E-state index in [1.807, 2.05) is 54.8 Å². The first-order valence-corrected chi connectivity index (χ1v) is 11.5. The van der Waals surface area contributed by atoms with Crippen molar-refractivity contribution < 1.29 is 19.1 Å². The molecule has 0 aliphatic rings. The minimum absolute atomic E-state index is 0.118. The zero-order valence-electron chi connectivity index (χ0n) is 19.2. The van der Waals surface area contributed by atoms with E-state index in [2.05, 4.69) is 32.2 Å². The van der Waals surface area contributed by atoms with Gasteiger partial charge in [0, 0.05) is 10.9 Å². The zero-order valence-corrected chi connectivity index (χ0v) is 20.0. The molecule has 0 atom stereocenters. The Bertz CT molecular complexity index is 1100. The molecule has 3 rings (SSSR count). The van der Waals surface area contributed by atoms with Crippen LogP contribution >= 0.6 is 11.3 Å². The smallest absolute Gasteiger partial charge is 0.341 e. The van der Waals surface area contributed by atoms with E-state index in [0.29, 0.717) is 16.3 Å². The number of thiophene rings is 1. The normalized spacial score (nSPS) is 11.2. The van der Waals surface area contributed by atoms with Gasteiger partial charge in [-0.05, 0) is 36.5 Å². The van der Waals surface area contributed by atoms with Crippen molar-refractivity contribution in [1.82, 2.24) is 0 Å². The number of carbonyl (C=O) groups excluding carboxylic acids is 2. The van der Waals surface area contributed by atoms with Crippen LogP contribution in [-0.4, -0.2) is 25.1 Å². The maximum Gasteiger partial charge on any atom is 0.341 e. The molecule has 0 spiro atoms. The number of benzene rings is 2. The monoisotopic (exact) mass is 451 g/mol. The van der Waals surface area contributed by atoms with E-state index in [1.54, 1.807) is 6.92 Å². The highest BCUT2D eigenvalue weighted by atomic mass is 32.1. The molecule has 0 saturated carbocycles. The highest BCUT2D eigenvalue weighted by molar-refractivity contribution is 7.15. The van der Waals surface area contributed by atoms with E-state index in [4.69, 9.17) is 9.47 Å². The van der Waals surface area contributed by atoms with Gasteiger partial charge in [-0.2, -0.15) is 0 Å². The van der Waals surface area contributed by atoms with Gasteiger partial charge in [-0.25, -0.2) is 4.79 Å². The lowest BCUT2D eigenvalue weighted by atomic mass is 9.85. The third kappa shape index (κ3) is 5.56. The summed E-state index contributed by atoms with van der Waals surface area (Å²) >= 11 is 1.30. The number of amides is 1. The standard InChI is InChI=1S/C26H29NO4S/c1-6-30-25(29)23-19(18-10-8-7-9-11-18)16-32-24(23)27-22(28)15-31-21-13-12-17(2)14-20(21)26(3,4)5/h7-14,16H,6,15H2,1-5H3,(H,27,28). The molecular weight excluding hydrogens is 422 g/mol. The van der Waals surface area contributed by atoms with E-state index < -0.39 is 5.97 Å². The number of ether oxygens (including phenoxy) is 2. The van der Waals surface area contributed by atoms with Gasteiger partial charge in [0.15, 0.2) is 6.61 Å². The van der Waals surface area contributed by atoms with Crippen molar-refractivity contribution in [2.75, 3.05) is 18.5 Å². The van der Waals surface area contributed by atoms with Crippen molar-refractivity contribution in [2.24, 2.45) is 0 Å². The van der Waals surface area contributed by atoms with Crippen molar-refractivity contribution in [1.29, 1.82) is 0 Å². The number of nitrogens with one attached hydrogen (secondary N) is 1. The van der Waals surface area contributed by atoms with Gasteiger partial charge < -0.3 is 14.8 Å². The molecule has 0 aliphatic heterocycles. The van der Waals surface area contributed by atoms with Crippen molar-refractivity contribution >= 4 is 28.2 Å². The molecule has 0 aliphatic carbocycles. The summed E-state index contributed by atoms with van der Waals surface area (Å²) in [5.74, 6) is -0.116.